The highest BCUT2D eigenvalue weighted by Gasteiger charge is 2.07. The number of carboxylic acids is 1. The number of hydrogen-bond acceptors (Lipinski definition) is 5. The largest absolute Gasteiger partial charge is 0.480 e. The summed E-state index contributed by atoms with van der Waals surface area (Å²) in [6, 6.07) is 0. The number of carboxylic acid groups (broad SMARTS) is 1. The van der Waals surface area contributed by atoms with E-state index in [1.807, 2.05) is 0 Å². The van der Waals surface area contributed by atoms with Gasteiger partial charge in [0.05, 0.1) is 6.54 Å². The monoisotopic (exact) mass is 241 g/mol. The first kappa shape index (κ1) is 12.6. The SMILES string of the molecule is O=C(O)CNC(=O)CNC(=O)Cn1cncn1. The number of carbonyl (C=O) groups excluding carboxylic acids is 2. The van der Waals surface area contributed by atoms with Gasteiger partial charge in [0.25, 0.3) is 0 Å². The molecule has 1 aromatic rings. The Bertz CT molecular complexity index is 402. The minimum Gasteiger partial charge on any atom is -0.480 e. The molecule has 1 rings (SSSR count). The first-order valence-electron chi connectivity index (χ1n) is 4.65. The molecule has 0 atom stereocenters. The Labute approximate surface area is 95.8 Å². The number of aliphatic carboxylic acids is 1. The Morgan fingerprint density at radius 1 is 1.18 bits per heavy atom. The molecule has 0 fully saturated rings. The zero-order valence-electron chi connectivity index (χ0n) is 8.79. The van der Waals surface area contributed by atoms with Gasteiger partial charge in [-0.15, -0.1) is 0 Å². The summed E-state index contributed by atoms with van der Waals surface area (Å²) in [6.07, 6.45) is 2.65. The molecule has 1 heterocycles. The summed E-state index contributed by atoms with van der Waals surface area (Å²) in [7, 11) is 0. The van der Waals surface area contributed by atoms with E-state index in [0.29, 0.717) is 0 Å². The maximum absolute atomic E-state index is 11.3. The summed E-state index contributed by atoms with van der Waals surface area (Å²) in [6.45, 7) is -0.801. The summed E-state index contributed by atoms with van der Waals surface area (Å²) in [5.41, 5.74) is 0. The fourth-order valence-corrected chi connectivity index (χ4v) is 0.933. The molecule has 2 amide bonds. The Morgan fingerprint density at radius 3 is 2.47 bits per heavy atom. The molecule has 0 aromatic carbocycles. The molecule has 0 saturated carbocycles. The Hall–Kier alpha value is -2.45. The molecule has 0 aliphatic carbocycles. The van der Waals surface area contributed by atoms with Crippen LogP contribution in [0.5, 0.6) is 0 Å². The van der Waals surface area contributed by atoms with Crippen LogP contribution in [0.3, 0.4) is 0 Å². The van der Waals surface area contributed by atoms with Gasteiger partial charge < -0.3 is 15.7 Å². The normalized spacial score (nSPS) is 9.65. The number of hydrogen-bond donors (Lipinski definition) is 3. The minimum atomic E-state index is -1.15. The lowest BCUT2D eigenvalue weighted by atomic mass is 10.5. The topological polar surface area (TPSA) is 126 Å². The molecule has 0 unspecified atom stereocenters. The molecule has 1 aromatic heterocycles. The lowest BCUT2D eigenvalue weighted by Gasteiger charge is -2.04. The summed E-state index contributed by atoms with van der Waals surface area (Å²) < 4.78 is 1.30. The molecule has 0 radical (unpaired) electrons. The molecule has 0 aliphatic heterocycles. The van der Waals surface area contributed by atoms with Gasteiger partial charge >= 0.3 is 5.97 Å². The molecule has 0 bridgehead atoms. The average Bonchev–Trinajstić information content (AvgIpc) is 2.76. The lowest BCUT2D eigenvalue weighted by Crippen LogP contribution is -2.40. The Kier molecular flexibility index (Phi) is 4.60. The highest BCUT2D eigenvalue weighted by molar-refractivity contribution is 5.86. The van der Waals surface area contributed by atoms with Crippen LogP contribution in [-0.4, -0.2) is 50.7 Å². The van der Waals surface area contributed by atoms with Crippen LogP contribution in [-0.2, 0) is 20.9 Å². The molecule has 3 N–H and O–H groups in total. The van der Waals surface area contributed by atoms with Crippen molar-refractivity contribution >= 4 is 17.8 Å². The van der Waals surface area contributed by atoms with Gasteiger partial charge in [-0.05, 0) is 0 Å². The Morgan fingerprint density at radius 2 is 1.88 bits per heavy atom. The molecule has 0 saturated heterocycles. The van der Waals surface area contributed by atoms with E-state index in [4.69, 9.17) is 5.11 Å². The second kappa shape index (κ2) is 6.20. The smallest absolute Gasteiger partial charge is 0.322 e. The Balaban J connectivity index is 2.19. The molecule has 9 nitrogen and oxygen atoms in total. The van der Waals surface area contributed by atoms with E-state index >= 15 is 0 Å². The van der Waals surface area contributed by atoms with Gasteiger partial charge in [-0.3, -0.25) is 14.4 Å². The van der Waals surface area contributed by atoms with Crippen molar-refractivity contribution in [2.45, 2.75) is 6.54 Å². The lowest BCUT2D eigenvalue weighted by molar-refractivity contribution is -0.137. The zero-order valence-corrected chi connectivity index (χ0v) is 8.79. The first-order valence-corrected chi connectivity index (χ1v) is 4.65. The molecular weight excluding hydrogens is 230 g/mol. The fraction of sp³-hybridized carbons (Fsp3) is 0.375. The highest BCUT2D eigenvalue weighted by Crippen LogP contribution is 1.79. The van der Waals surface area contributed by atoms with Crippen LogP contribution in [0.25, 0.3) is 0 Å². The predicted molar refractivity (Wildman–Crippen MR) is 53.7 cm³/mol. The van der Waals surface area contributed by atoms with Crippen LogP contribution in [0.4, 0.5) is 0 Å². The summed E-state index contributed by atoms with van der Waals surface area (Å²) in [5.74, 6) is -2.13. The quantitative estimate of drug-likeness (QED) is 0.509. The summed E-state index contributed by atoms with van der Waals surface area (Å²) >= 11 is 0. The van der Waals surface area contributed by atoms with E-state index in [9.17, 15) is 14.4 Å². The minimum absolute atomic E-state index is 0.0494. The average molecular weight is 241 g/mol. The molecule has 9 heteroatoms. The third-order valence-corrected chi connectivity index (χ3v) is 1.66. The maximum atomic E-state index is 11.3. The van der Waals surface area contributed by atoms with Crippen molar-refractivity contribution in [1.82, 2.24) is 25.4 Å². The highest BCUT2D eigenvalue weighted by atomic mass is 16.4. The van der Waals surface area contributed by atoms with Crippen LogP contribution >= 0.6 is 0 Å². The molecule has 92 valence electrons. The molecule has 17 heavy (non-hydrogen) atoms. The maximum Gasteiger partial charge on any atom is 0.322 e. The van der Waals surface area contributed by atoms with E-state index in [0.717, 1.165) is 0 Å². The standard InChI is InChI=1S/C8H11N5O4/c14-6(11-2-8(16)17)1-10-7(15)3-13-5-9-4-12-13/h4-5H,1-3H2,(H,10,15)(H,11,14)(H,16,17). The van der Waals surface area contributed by atoms with Crippen LogP contribution in [0, 0.1) is 0 Å². The number of nitrogens with one attached hydrogen (secondary N) is 2. The van der Waals surface area contributed by atoms with Crippen molar-refractivity contribution in [3.63, 3.8) is 0 Å². The van der Waals surface area contributed by atoms with Crippen molar-refractivity contribution in [2.24, 2.45) is 0 Å². The van der Waals surface area contributed by atoms with Gasteiger partial charge in [0.15, 0.2) is 0 Å². The number of amides is 2. The van der Waals surface area contributed by atoms with Crippen LogP contribution in [0.2, 0.25) is 0 Å². The second-order valence-electron chi connectivity index (χ2n) is 3.04. The van der Waals surface area contributed by atoms with Crippen molar-refractivity contribution in [2.75, 3.05) is 13.1 Å². The number of nitrogens with zero attached hydrogens (tertiary/aromatic N) is 3. The van der Waals surface area contributed by atoms with Crippen molar-refractivity contribution < 1.29 is 19.5 Å². The summed E-state index contributed by atoms with van der Waals surface area (Å²) in [4.78, 5) is 36.1. The summed E-state index contributed by atoms with van der Waals surface area (Å²) in [5, 5.41) is 16.4. The van der Waals surface area contributed by atoms with Crippen molar-refractivity contribution in [3.05, 3.63) is 12.7 Å². The predicted octanol–water partition coefficient (Wildman–Crippen LogP) is -2.40. The van der Waals surface area contributed by atoms with Crippen molar-refractivity contribution in [1.29, 1.82) is 0 Å². The fourth-order valence-electron chi connectivity index (χ4n) is 0.933. The van der Waals surface area contributed by atoms with E-state index in [1.54, 1.807) is 0 Å². The zero-order chi connectivity index (χ0) is 12.7. The van der Waals surface area contributed by atoms with Crippen LogP contribution < -0.4 is 10.6 Å². The van der Waals surface area contributed by atoms with E-state index in [2.05, 4.69) is 20.7 Å². The number of rotatable bonds is 6. The van der Waals surface area contributed by atoms with Crippen molar-refractivity contribution in [3.8, 4) is 0 Å². The third kappa shape index (κ3) is 5.25. The van der Waals surface area contributed by atoms with Crippen LogP contribution in [0.15, 0.2) is 12.7 Å². The molecule has 0 spiro atoms. The third-order valence-electron chi connectivity index (χ3n) is 1.66. The second-order valence-corrected chi connectivity index (χ2v) is 3.04. The molecule has 0 aliphatic rings. The van der Waals surface area contributed by atoms with E-state index in [-0.39, 0.29) is 13.1 Å². The van der Waals surface area contributed by atoms with Crippen LogP contribution in [0.1, 0.15) is 0 Å². The van der Waals surface area contributed by atoms with Gasteiger partial charge in [-0.1, -0.05) is 0 Å². The van der Waals surface area contributed by atoms with Gasteiger partial charge in [0.1, 0.15) is 25.7 Å². The van der Waals surface area contributed by atoms with Gasteiger partial charge in [-0.25, -0.2) is 9.67 Å². The van der Waals surface area contributed by atoms with Gasteiger partial charge in [-0.2, -0.15) is 5.10 Å². The van der Waals surface area contributed by atoms with E-state index < -0.39 is 24.3 Å². The van der Waals surface area contributed by atoms with Gasteiger partial charge in [0.2, 0.25) is 11.8 Å². The number of carbonyl (C=O) groups is 3. The van der Waals surface area contributed by atoms with E-state index in [1.165, 1.54) is 17.3 Å². The first-order chi connectivity index (χ1) is 8.08. The number of aromatic nitrogens is 3. The molecular formula is C8H11N5O4. The van der Waals surface area contributed by atoms with Gasteiger partial charge in [0, 0.05) is 0 Å².